The maximum absolute atomic E-state index is 12.9. The van der Waals surface area contributed by atoms with Crippen LogP contribution in [-0.2, 0) is 20.5 Å². The van der Waals surface area contributed by atoms with Crippen molar-refractivity contribution in [3.05, 3.63) is 87.1 Å². The Balaban J connectivity index is 2.26. The van der Waals surface area contributed by atoms with Gasteiger partial charge in [-0.2, -0.15) is 13.2 Å². The molecule has 0 fully saturated rings. The Hall–Kier alpha value is -3.95. The molecular formula is C21H17F3N2O5. The number of esters is 1. The Morgan fingerprint density at radius 2 is 1.81 bits per heavy atom. The predicted molar refractivity (Wildman–Crippen MR) is 106 cm³/mol. The quantitative estimate of drug-likeness (QED) is 0.302. The van der Waals surface area contributed by atoms with Crippen molar-refractivity contribution in [2.45, 2.75) is 13.1 Å². The van der Waals surface area contributed by atoms with Gasteiger partial charge in [-0.3, -0.25) is 14.9 Å². The van der Waals surface area contributed by atoms with E-state index in [0.29, 0.717) is 5.56 Å². The van der Waals surface area contributed by atoms with Crippen LogP contribution in [0.25, 0.3) is 12.2 Å². The molecule has 1 amide bonds. The number of amides is 1. The van der Waals surface area contributed by atoms with E-state index in [-0.39, 0.29) is 23.6 Å². The molecule has 0 bridgehead atoms. The number of hydrogen-bond donors (Lipinski definition) is 1. The van der Waals surface area contributed by atoms with Crippen molar-refractivity contribution < 1.29 is 32.4 Å². The van der Waals surface area contributed by atoms with Crippen LogP contribution < -0.4 is 5.32 Å². The largest absolute Gasteiger partial charge is 0.461 e. The topological polar surface area (TPSA) is 98.5 Å². The molecule has 0 spiro atoms. The van der Waals surface area contributed by atoms with Crippen molar-refractivity contribution in [1.29, 1.82) is 0 Å². The number of ether oxygens (including phenoxy) is 1. The normalized spacial score (nSPS) is 11.9. The van der Waals surface area contributed by atoms with Crippen LogP contribution in [0.15, 0.2) is 60.3 Å². The Bertz CT molecular complexity index is 1050. The number of hydrogen-bond acceptors (Lipinski definition) is 5. The van der Waals surface area contributed by atoms with E-state index < -0.39 is 28.5 Å². The number of nitro benzene ring substituents is 1. The number of benzene rings is 2. The molecule has 10 heteroatoms. The van der Waals surface area contributed by atoms with E-state index in [1.807, 2.05) is 0 Å². The molecule has 0 saturated carbocycles. The molecule has 162 valence electrons. The van der Waals surface area contributed by atoms with Crippen LogP contribution in [0.2, 0.25) is 0 Å². The van der Waals surface area contributed by atoms with Crippen LogP contribution in [0.1, 0.15) is 23.6 Å². The smallest absolute Gasteiger partial charge is 0.416 e. The minimum Gasteiger partial charge on any atom is -0.461 e. The summed E-state index contributed by atoms with van der Waals surface area (Å²) in [5.74, 6) is -1.71. The Kier molecular flexibility index (Phi) is 7.67. The number of alkyl halides is 3. The molecular weight excluding hydrogens is 417 g/mol. The van der Waals surface area contributed by atoms with Crippen molar-refractivity contribution in [3.63, 3.8) is 0 Å². The van der Waals surface area contributed by atoms with Crippen molar-refractivity contribution in [2.24, 2.45) is 0 Å². The Morgan fingerprint density at radius 1 is 1.13 bits per heavy atom. The highest BCUT2D eigenvalue weighted by atomic mass is 19.4. The van der Waals surface area contributed by atoms with E-state index in [1.54, 1.807) is 0 Å². The molecule has 0 heterocycles. The number of non-ortho nitro benzene ring substituents is 1. The average molecular weight is 434 g/mol. The first-order valence-corrected chi connectivity index (χ1v) is 8.89. The van der Waals surface area contributed by atoms with Gasteiger partial charge in [0.2, 0.25) is 5.91 Å². The van der Waals surface area contributed by atoms with Gasteiger partial charge < -0.3 is 10.1 Å². The maximum atomic E-state index is 12.9. The molecule has 0 aromatic heterocycles. The molecule has 0 saturated heterocycles. The summed E-state index contributed by atoms with van der Waals surface area (Å²) in [4.78, 5) is 34.6. The number of halogens is 3. The van der Waals surface area contributed by atoms with E-state index >= 15 is 0 Å². The fraction of sp³-hybridized carbons (Fsp3) is 0.143. The lowest BCUT2D eigenvalue weighted by molar-refractivity contribution is -0.384. The lowest BCUT2D eigenvalue weighted by Gasteiger charge is -2.10. The van der Waals surface area contributed by atoms with Crippen molar-refractivity contribution >= 4 is 29.7 Å². The first kappa shape index (κ1) is 23.3. The molecule has 2 aromatic rings. The highest BCUT2D eigenvalue weighted by Crippen LogP contribution is 2.30. The molecule has 0 atom stereocenters. The van der Waals surface area contributed by atoms with Crippen LogP contribution >= 0.6 is 0 Å². The first-order valence-electron chi connectivity index (χ1n) is 8.89. The second-order valence-electron chi connectivity index (χ2n) is 6.08. The third-order valence-electron chi connectivity index (χ3n) is 3.79. The fourth-order valence-electron chi connectivity index (χ4n) is 2.41. The minimum absolute atomic E-state index is 0.0157. The number of carbonyl (C=O) groups excluding carboxylic acids is 2. The van der Waals surface area contributed by atoms with Crippen LogP contribution in [0.3, 0.4) is 0 Å². The van der Waals surface area contributed by atoms with E-state index in [1.165, 1.54) is 49.4 Å². The van der Waals surface area contributed by atoms with Gasteiger partial charge >= 0.3 is 12.1 Å². The van der Waals surface area contributed by atoms with Gasteiger partial charge in [-0.15, -0.1) is 0 Å². The number of nitrogens with zero attached hydrogens (tertiary/aromatic N) is 1. The average Bonchev–Trinajstić information content (AvgIpc) is 2.72. The highest BCUT2D eigenvalue weighted by Gasteiger charge is 2.30. The Morgan fingerprint density at radius 3 is 2.45 bits per heavy atom. The lowest BCUT2D eigenvalue weighted by Crippen LogP contribution is -2.27. The van der Waals surface area contributed by atoms with Gasteiger partial charge in [0.05, 0.1) is 17.1 Å². The number of nitro groups is 1. The van der Waals surface area contributed by atoms with Crippen molar-refractivity contribution in [1.82, 2.24) is 5.32 Å². The van der Waals surface area contributed by atoms with Crippen LogP contribution in [-0.4, -0.2) is 23.4 Å². The summed E-state index contributed by atoms with van der Waals surface area (Å²) in [6, 6.07) is 9.70. The summed E-state index contributed by atoms with van der Waals surface area (Å²) >= 11 is 0. The zero-order chi connectivity index (χ0) is 23.0. The summed E-state index contributed by atoms with van der Waals surface area (Å²) < 4.78 is 43.5. The molecule has 7 nitrogen and oxygen atoms in total. The number of rotatable bonds is 7. The molecule has 2 aromatic carbocycles. The van der Waals surface area contributed by atoms with E-state index in [0.717, 1.165) is 24.3 Å². The van der Waals surface area contributed by atoms with Gasteiger partial charge in [-0.25, -0.2) is 4.79 Å². The van der Waals surface area contributed by atoms with Gasteiger partial charge in [0.1, 0.15) is 5.70 Å². The second-order valence-corrected chi connectivity index (χ2v) is 6.08. The fourth-order valence-corrected chi connectivity index (χ4v) is 2.41. The summed E-state index contributed by atoms with van der Waals surface area (Å²) in [5.41, 5.74) is -1.06. The van der Waals surface area contributed by atoms with Gasteiger partial charge in [0.15, 0.2) is 0 Å². The zero-order valence-corrected chi connectivity index (χ0v) is 16.2. The van der Waals surface area contributed by atoms with E-state index in [9.17, 15) is 32.9 Å². The summed E-state index contributed by atoms with van der Waals surface area (Å²) in [6.45, 7) is 1.52. The summed E-state index contributed by atoms with van der Waals surface area (Å²) in [7, 11) is 0. The van der Waals surface area contributed by atoms with Gasteiger partial charge in [0, 0.05) is 18.2 Å². The standard InChI is InChI=1S/C21H17F3N2O5/c1-2-31-20(28)18(13-15-6-3-7-16(11-15)21(22,23)24)25-19(27)10-9-14-5-4-8-17(12-14)26(29)30/h3-13H,2H2,1H3,(H,25,27)/b10-9+,18-13-. The van der Waals surface area contributed by atoms with Crippen LogP contribution in [0.4, 0.5) is 18.9 Å². The molecule has 0 aliphatic heterocycles. The highest BCUT2D eigenvalue weighted by molar-refractivity contribution is 6.02. The van der Waals surface area contributed by atoms with Crippen molar-refractivity contribution in [2.75, 3.05) is 6.61 Å². The van der Waals surface area contributed by atoms with Gasteiger partial charge in [0.25, 0.3) is 5.69 Å². The molecule has 0 unspecified atom stereocenters. The third-order valence-corrected chi connectivity index (χ3v) is 3.79. The molecule has 0 aliphatic rings. The van der Waals surface area contributed by atoms with Crippen LogP contribution in [0, 0.1) is 10.1 Å². The van der Waals surface area contributed by atoms with E-state index in [4.69, 9.17) is 4.74 Å². The predicted octanol–water partition coefficient (Wildman–Crippen LogP) is 4.35. The third kappa shape index (κ3) is 7.11. The minimum atomic E-state index is -4.57. The van der Waals surface area contributed by atoms with E-state index in [2.05, 4.69) is 5.32 Å². The van der Waals surface area contributed by atoms with Crippen molar-refractivity contribution in [3.8, 4) is 0 Å². The number of carbonyl (C=O) groups is 2. The summed E-state index contributed by atoms with van der Waals surface area (Å²) in [5, 5.41) is 13.1. The molecule has 2 rings (SSSR count). The summed E-state index contributed by atoms with van der Waals surface area (Å²) in [6.07, 6.45) is -1.20. The zero-order valence-electron chi connectivity index (χ0n) is 16.2. The lowest BCUT2D eigenvalue weighted by atomic mass is 10.1. The SMILES string of the molecule is CCOC(=O)/C(=C/c1cccc(C(F)(F)F)c1)NC(=O)/C=C/c1cccc([N+](=O)[O-])c1. The second kappa shape index (κ2) is 10.2. The molecule has 31 heavy (non-hydrogen) atoms. The maximum Gasteiger partial charge on any atom is 0.416 e. The molecule has 1 N–H and O–H groups in total. The first-order chi connectivity index (χ1) is 14.6. The Labute approximate surface area is 175 Å². The van der Waals surface area contributed by atoms with Gasteiger partial charge in [-0.05, 0) is 42.3 Å². The monoisotopic (exact) mass is 434 g/mol. The number of nitrogens with one attached hydrogen (secondary N) is 1. The molecule has 0 aliphatic carbocycles. The molecule has 0 radical (unpaired) electrons. The van der Waals surface area contributed by atoms with Gasteiger partial charge in [-0.1, -0.05) is 24.3 Å². The van der Waals surface area contributed by atoms with Crippen LogP contribution in [0.5, 0.6) is 0 Å².